The third kappa shape index (κ3) is 3.25. The van der Waals surface area contributed by atoms with Crippen molar-refractivity contribution in [2.24, 2.45) is 10.7 Å². The van der Waals surface area contributed by atoms with Gasteiger partial charge >= 0.3 is 0 Å². The van der Waals surface area contributed by atoms with Crippen molar-refractivity contribution in [2.45, 2.75) is 6.92 Å². The van der Waals surface area contributed by atoms with Gasteiger partial charge < -0.3 is 5.73 Å². The maximum Gasteiger partial charge on any atom is 0.184 e. The van der Waals surface area contributed by atoms with Gasteiger partial charge in [-0.25, -0.2) is 0 Å². The highest BCUT2D eigenvalue weighted by Gasteiger charge is 2.07. The van der Waals surface area contributed by atoms with E-state index < -0.39 is 0 Å². The van der Waals surface area contributed by atoms with Crippen LogP contribution >= 0.6 is 0 Å². The summed E-state index contributed by atoms with van der Waals surface area (Å²) >= 11 is 0. The van der Waals surface area contributed by atoms with Crippen LogP contribution in [0.3, 0.4) is 0 Å². The summed E-state index contributed by atoms with van der Waals surface area (Å²) in [4.78, 5) is 20.1. The summed E-state index contributed by atoms with van der Waals surface area (Å²) in [5.41, 5.74) is 8.17. The highest BCUT2D eigenvalue weighted by atomic mass is 16.1. The molecule has 4 heteroatoms. The molecule has 0 spiro atoms. The van der Waals surface area contributed by atoms with Crippen molar-refractivity contribution in [1.29, 1.82) is 0 Å². The van der Waals surface area contributed by atoms with E-state index in [0.29, 0.717) is 11.4 Å². The fraction of sp³-hybridized carbons (Fsp3) is 0.133. The van der Waals surface area contributed by atoms with E-state index in [-0.39, 0.29) is 12.3 Å². The molecule has 2 rings (SSSR count). The number of rotatable bonds is 4. The number of aliphatic imine (C=N–C) groups is 1. The van der Waals surface area contributed by atoms with Crippen LogP contribution in [0.15, 0.2) is 53.8 Å². The van der Waals surface area contributed by atoms with Gasteiger partial charge in [-0.15, -0.1) is 0 Å². The van der Waals surface area contributed by atoms with Crippen LogP contribution in [-0.2, 0) is 0 Å². The van der Waals surface area contributed by atoms with E-state index in [1.165, 1.54) is 0 Å². The fourth-order valence-corrected chi connectivity index (χ4v) is 1.73. The van der Waals surface area contributed by atoms with E-state index >= 15 is 0 Å². The maximum atomic E-state index is 12.0. The second-order valence-corrected chi connectivity index (χ2v) is 4.18. The first-order valence-electron chi connectivity index (χ1n) is 5.97. The molecule has 1 heterocycles. The van der Waals surface area contributed by atoms with Gasteiger partial charge in [-0.3, -0.25) is 14.8 Å². The molecule has 0 fully saturated rings. The molecule has 0 amide bonds. The Labute approximate surface area is 112 Å². The number of aromatic nitrogens is 1. The van der Waals surface area contributed by atoms with Crippen LogP contribution in [0.25, 0.3) is 0 Å². The van der Waals surface area contributed by atoms with Gasteiger partial charge in [0.1, 0.15) is 12.4 Å². The number of carbonyl (C=O) groups excluding carboxylic acids is 1. The first kappa shape index (κ1) is 13.0. The van der Waals surface area contributed by atoms with Crippen molar-refractivity contribution in [3.05, 3.63) is 65.5 Å². The van der Waals surface area contributed by atoms with Crippen LogP contribution < -0.4 is 5.73 Å². The largest absolute Gasteiger partial charge is 0.383 e. The van der Waals surface area contributed by atoms with Gasteiger partial charge in [0.05, 0.1) is 0 Å². The quantitative estimate of drug-likeness (QED) is 0.514. The second-order valence-electron chi connectivity index (χ2n) is 4.18. The van der Waals surface area contributed by atoms with Gasteiger partial charge in [0.2, 0.25) is 0 Å². The van der Waals surface area contributed by atoms with Crippen molar-refractivity contribution >= 4 is 11.6 Å². The lowest BCUT2D eigenvalue weighted by molar-refractivity contribution is 0.100. The molecule has 0 atom stereocenters. The molecule has 19 heavy (non-hydrogen) atoms. The zero-order chi connectivity index (χ0) is 13.7. The number of hydrogen-bond acceptors (Lipinski definition) is 3. The molecule has 2 aromatic rings. The summed E-state index contributed by atoms with van der Waals surface area (Å²) in [6.45, 7) is 1.95. The molecule has 0 aliphatic heterocycles. The predicted molar refractivity (Wildman–Crippen MR) is 75.3 cm³/mol. The van der Waals surface area contributed by atoms with Gasteiger partial charge in [-0.2, -0.15) is 0 Å². The first-order valence-corrected chi connectivity index (χ1v) is 5.97. The predicted octanol–water partition coefficient (Wildman–Crippen LogP) is 1.98. The number of aryl methyl sites for hydroxylation is 1. The number of carbonyl (C=O) groups is 1. The third-order valence-corrected chi connectivity index (χ3v) is 2.80. The Kier molecular flexibility index (Phi) is 4.03. The second kappa shape index (κ2) is 5.91. The molecule has 0 saturated heterocycles. The fourth-order valence-electron chi connectivity index (χ4n) is 1.73. The average Bonchev–Trinajstić information content (AvgIpc) is 2.46. The smallest absolute Gasteiger partial charge is 0.184 e. The lowest BCUT2D eigenvalue weighted by atomic mass is 10.1. The summed E-state index contributed by atoms with van der Waals surface area (Å²) < 4.78 is 0. The molecular formula is C15H15N3O. The van der Waals surface area contributed by atoms with Crippen LogP contribution in [0.1, 0.15) is 21.5 Å². The zero-order valence-electron chi connectivity index (χ0n) is 10.7. The number of benzene rings is 1. The lowest BCUT2D eigenvalue weighted by Crippen LogP contribution is -2.16. The Balaban J connectivity index is 2.11. The van der Waals surface area contributed by atoms with Gasteiger partial charge in [0.25, 0.3) is 0 Å². The Morgan fingerprint density at radius 1 is 1.26 bits per heavy atom. The van der Waals surface area contributed by atoms with Crippen molar-refractivity contribution in [1.82, 2.24) is 4.98 Å². The zero-order valence-corrected chi connectivity index (χ0v) is 10.7. The molecule has 0 bridgehead atoms. The maximum absolute atomic E-state index is 12.0. The van der Waals surface area contributed by atoms with Crippen molar-refractivity contribution in [2.75, 3.05) is 6.54 Å². The van der Waals surface area contributed by atoms with E-state index in [1.807, 2.05) is 31.2 Å². The monoisotopic (exact) mass is 253 g/mol. The lowest BCUT2D eigenvalue weighted by Gasteiger charge is -2.03. The molecule has 0 aliphatic carbocycles. The minimum atomic E-state index is -0.0371. The summed E-state index contributed by atoms with van der Waals surface area (Å²) in [5, 5.41) is 0. The first-order chi connectivity index (χ1) is 9.18. The minimum Gasteiger partial charge on any atom is -0.383 e. The standard InChI is InChI=1S/C15H15N3O/c1-11-5-2-3-7-13(11)14(19)10-18-15(16)12-6-4-8-17-9-12/h2-9H,10H2,1H3,(H2,16,18). The molecule has 2 N–H and O–H groups in total. The number of amidine groups is 1. The van der Waals surface area contributed by atoms with Crippen LogP contribution in [0.4, 0.5) is 0 Å². The van der Waals surface area contributed by atoms with E-state index in [2.05, 4.69) is 9.98 Å². The average molecular weight is 253 g/mol. The SMILES string of the molecule is Cc1ccccc1C(=O)C/N=C(\N)c1cccnc1. The topological polar surface area (TPSA) is 68.3 Å². The minimum absolute atomic E-state index is 0.0371. The van der Waals surface area contributed by atoms with Gasteiger partial charge in [0, 0.05) is 23.5 Å². The summed E-state index contributed by atoms with van der Waals surface area (Å²) in [7, 11) is 0. The van der Waals surface area contributed by atoms with E-state index in [4.69, 9.17) is 5.73 Å². The molecule has 96 valence electrons. The molecular weight excluding hydrogens is 238 g/mol. The summed E-state index contributed by atoms with van der Waals surface area (Å²) in [6, 6.07) is 11.0. The van der Waals surface area contributed by atoms with E-state index in [9.17, 15) is 4.79 Å². The normalized spacial score (nSPS) is 11.3. The van der Waals surface area contributed by atoms with Crippen molar-refractivity contribution in [3.8, 4) is 0 Å². The Morgan fingerprint density at radius 3 is 2.74 bits per heavy atom. The molecule has 0 saturated carbocycles. The number of hydrogen-bond donors (Lipinski definition) is 1. The number of nitrogens with two attached hydrogens (primary N) is 1. The number of Topliss-reactive ketones (excluding diaryl/α,β-unsaturated/α-hetero) is 1. The number of ketones is 1. The number of nitrogens with zero attached hydrogens (tertiary/aromatic N) is 2. The van der Waals surface area contributed by atoms with Gasteiger partial charge in [-0.05, 0) is 24.6 Å². The Bertz CT molecular complexity index is 606. The van der Waals surface area contributed by atoms with Gasteiger partial charge in [0.15, 0.2) is 5.78 Å². The third-order valence-electron chi connectivity index (χ3n) is 2.80. The number of pyridine rings is 1. The van der Waals surface area contributed by atoms with Crippen molar-refractivity contribution in [3.63, 3.8) is 0 Å². The molecule has 0 aliphatic rings. The molecule has 1 aromatic heterocycles. The molecule has 0 unspecified atom stereocenters. The molecule has 0 radical (unpaired) electrons. The van der Waals surface area contributed by atoms with Crippen LogP contribution in [-0.4, -0.2) is 23.1 Å². The van der Waals surface area contributed by atoms with Crippen LogP contribution in [0.5, 0.6) is 0 Å². The summed E-state index contributed by atoms with van der Waals surface area (Å²) in [6.07, 6.45) is 3.28. The van der Waals surface area contributed by atoms with Crippen molar-refractivity contribution < 1.29 is 4.79 Å². The van der Waals surface area contributed by atoms with Crippen LogP contribution in [0.2, 0.25) is 0 Å². The molecule has 1 aromatic carbocycles. The van der Waals surface area contributed by atoms with Gasteiger partial charge in [-0.1, -0.05) is 24.3 Å². The summed E-state index contributed by atoms with van der Waals surface area (Å²) in [5.74, 6) is 0.292. The van der Waals surface area contributed by atoms with E-state index in [0.717, 1.165) is 11.1 Å². The Hall–Kier alpha value is -2.49. The highest BCUT2D eigenvalue weighted by Crippen LogP contribution is 2.08. The Morgan fingerprint density at radius 2 is 2.05 bits per heavy atom. The molecule has 4 nitrogen and oxygen atoms in total. The van der Waals surface area contributed by atoms with E-state index in [1.54, 1.807) is 24.5 Å². The van der Waals surface area contributed by atoms with Crippen LogP contribution in [0, 0.1) is 6.92 Å². The highest BCUT2D eigenvalue weighted by molar-refractivity contribution is 6.02.